The van der Waals surface area contributed by atoms with Crippen molar-refractivity contribution < 1.29 is 22.6 Å². The predicted octanol–water partition coefficient (Wildman–Crippen LogP) is 3.34. The standard InChI is InChI=1S/C11H13F3O2/c1-6-7(2)10(16-4)8(11(12,13)14)5-9(6)15-3/h5H,1-4H3. The van der Waals surface area contributed by atoms with Crippen molar-refractivity contribution in [2.24, 2.45) is 0 Å². The zero-order chi connectivity index (χ0) is 12.5. The summed E-state index contributed by atoms with van der Waals surface area (Å²) in [6.45, 7) is 3.27. The first kappa shape index (κ1) is 12.7. The van der Waals surface area contributed by atoms with Crippen molar-refractivity contribution in [3.05, 3.63) is 22.8 Å². The highest BCUT2D eigenvalue weighted by Gasteiger charge is 2.36. The van der Waals surface area contributed by atoms with Gasteiger partial charge in [-0.25, -0.2) is 0 Å². The monoisotopic (exact) mass is 234 g/mol. The first-order valence-electron chi connectivity index (χ1n) is 4.62. The Morgan fingerprint density at radius 3 is 1.94 bits per heavy atom. The van der Waals surface area contributed by atoms with Crippen LogP contribution in [0.1, 0.15) is 16.7 Å². The molecular weight excluding hydrogens is 221 g/mol. The molecule has 0 fully saturated rings. The van der Waals surface area contributed by atoms with E-state index in [-0.39, 0.29) is 11.5 Å². The lowest BCUT2D eigenvalue weighted by atomic mass is 10.0. The molecule has 0 aliphatic carbocycles. The number of ether oxygens (including phenoxy) is 2. The smallest absolute Gasteiger partial charge is 0.420 e. The highest BCUT2D eigenvalue weighted by atomic mass is 19.4. The second kappa shape index (κ2) is 4.23. The van der Waals surface area contributed by atoms with Gasteiger partial charge in [-0.1, -0.05) is 0 Å². The van der Waals surface area contributed by atoms with Gasteiger partial charge in [0.1, 0.15) is 17.1 Å². The Kier molecular flexibility index (Phi) is 3.35. The van der Waals surface area contributed by atoms with Gasteiger partial charge in [-0.2, -0.15) is 13.2 Å². The Hall–Kier alpha value is -1.39. The van der Waals surface area contributed by atoms with Gasteiger partial charge in [-0.05, 0) is 31.0 Å². The van der Waals surface area contributed by atoms with E-state index in [1.807, 2.05) is 0 Å². The van der Waals surface area contributed by atoms with Gasteiger partial charge in [-0.15, -0.1) is 0 Å². The molecule has 0 aliphatic heterocycles. The second-order valence-corrected chi connectivity index (χ2v) is 3.41. The molecule has 0 unspecified atom stereocenters. The summed E-state index contributed by atoms with van der Waals surface area (Å²) in [5.74, 6) is 0.0661. The van der Waals surface area contributed by atoms with E-state index in [1.165, 1.54) is 14.2 Å². The van der Waals surface area contributed by atoms with E-state index in [9.17, 15) is 13.2 Å². The molecule has 0 aromatic heterocycles. The minimum Gasteiger partial charge on any atom is -0.496 e. The lowest BCUT2D eigenvalue weighted by molar-refractivity contribution is -0.138. The van der Waals surface area contributed by atoms with Crippen LogP contribution in [0.2, 0.25) is 0 Å². The van der Waals surface area contributed by atoms with Crippen LogP contribution in [-0.2, 0) is 6.18 Å². The molecular formula is C11H13F3O2. The number of methoxy groups -OCH3 is 2. The van der Waals surface area contributed by atoms with Crippen molar-refractivity contribution in [1.29, 1.82) is 0 Å². The fourth-order valence-corrected chi connectivity index (χ4v) is 1.55. The quantitative estimate of drug-likeness (QED) is 0.781. The summed E-state index contributed by atoms with van der Waals surface area (Å²) in [6.07, 6.45) is -4.45. The van der Waals surface area contributed by atoms with Crippen LogP contribution in [0, 0.1) is 13.8 Å². The van der Waals surface area contributed by atoms with E-state index in [0.29, 0.717) is 11.1 Å². The topological polar surface area (TPSA) is 18.5 Å². The first-order chi connectivity index (χ1) is 7.32. The molecule has 1 rings (SSSR count). The predicted molar refractivity (Wildman–Crippen MR) is 54.0 cm³/mol. The van der Waals surface area contributed by atoms with E-state index in [0.717, 1.165) is 6.07 Å². The van der Waals surface area contributed by atoms with E-state index >= 15 is 0 Å². The normalized spacial score (nSPS) is 11.4. The van der Waals surface area contributed by atoms with Crippen molar-refractivity contribution in [2.45, 2.75) is 20.0 Å². The van der Waals surface area contributed by atoms with Crippen molar-refractivity contribution in [3.63, 3.8) is 0 Å². The molecule has 0 radical (unpaired) electrons. The van der Waals surface area contributed by atoms with Crippen LogP contribution < -0.4 is 9.47 Å². The molecule has 1 aromatic rings. The fourth-order valence-electron chi connectivity index (χ4n) is 1.55. The maximum atomic E-state index is 12.7. The Morgan fingerprint density at radius 2 is 1.56 bits per heavy atom. The Bertz CT molecular complexity index is 397. The highest BCUT2D eigenvalue weighted by molar-refractivity contribution is 5.53. The van der Waals surface area contributed by atoms with Gasteiger partial charge in [0.2, 0.25) is 0 Å². The lowest BCUT2D eigenvalue weighted by Gasteiger charge is -2.18. The van der Waals surface area contributed by atoms with Crippen LogP contribution in [0.15, 0.2) is 6.07 Å². The number of rotatable bonds is 2. The summed E-state index contributed by atoms with van der Waals surface area (Å²) in [6, 6.07) is 0.959. The minimum absolute atomic E-state index is 0.147. The third kappa shape index (κ3) is 2.08. The van der Waals surface area contributed by atoms with E-state index in [2.05, 4.69) is 0 Å². The number of hydrogen-bond acceptors (Lipinski definition) is 2. The van der Waals surface area contributed by atoms with Gasteiger partial charge in [0.25, 0.3) is 0 Å². The minimum atomic E-state index is -4.45. The summed E-state index contributed by atoms with van der Waals surface area (Å²) in [5, 5.41) is 0. The third-order valence-electron chi connectivity index (χ3n) is 2.52. The van der Waals surface area contributed by atoms with Crippen LogP contribution in [-0.4, -0.2) is 14.2 Å². The molecule has 0 amide bonds. The molecule has 0 atom stereocenters. The maximum absolute atomic E-state index is 12.7. The van der Waals surface area contributed by atoms with Crippen molar-refractivity contribution in [1.82, 2.24) is 0 Å². The van der Waals surface area contributed by atoms with Crippen LogP contribution in [0.5, 0.6) is 11.5 Å². The summed E-state index contributed by atoms with van der Waals surface area (Å²) < 4.78 is 47.9. The van der Waals surface area contributed by atoms with Crippen LogP contribution in [0.3, 0.4) is 0 Å². The molecule has 0 bridgehead atoms. The summed E-state index contributed by atoms with van der Waals surface area (Å²) >= 11 is 0. The van der Waals surface area contributed by atoms with Gasteiger partial charge < -0.3 is 9.47 Å². The second-order valence-electron chi connectivity index (χ2n) is 3.41. The first-order valence-corrected chi connectivity index (χ1v) is 4.62. The largest absolute Gasteiger partial charge is 0.496 e. The number of hydrogen-bond donors (Lipinski definition) is 0. The lowest BCUT2D eigenvalue weighted by Crippen LogP contribution is -2.10. The molecule has 1 aromatic carbocycles. The molecule has 0 spiro atoms. The molecule has 0 saturated carbocycles. The van der Waals surface area contributed by atoms with E-state index in [1.54, 1.807) is 13.8 Å². The van der Waals surface area contributed by atoms with Gasteiger partial charge in [-0.3, -0.25) is 0 Å². The van der Waals surface area contributed by atoms with Crippen LogP contribution in [0.25, 0.3) is 0 Å². The molecule has 0 heterocycles. The van der Waals surface area contributed by atoms with Crippen molar-refractivity contribution >= 4 is 0 Å². The average Bonchev–Trinajstić information content (AvgIpc) is 2.20. The zero-order valence-corrected chi connectivity index (χ0v) is 9.53. The Labute approximate surface area is 92.0 Å². The van der Waals surface area contributed by atoms with Gasteiger partial charge in [0.05, 0.1) is 14.2 Å². The number of benzene rings is 1. The van der Waals surface area contributed by atoms with Crippen molar-refractivity contribution in [3.8, 4) is 11.5 Å². The number of alkyl halides is 3. The molecule has 0 N–H and O–H groups in total. The molecule has 5 heteroatoms. The maximum Gasteiger partial charge on any atom is 0.420 e. The number of halogens is 3. The molecule has 90 valence electrons. The van der Waals surface area contributed by atoms with Gasteiger partial charge in [0.15, 0.2) is 0 Å². The third-order valence-corrected chi connectivity index (χ3v) is 2.52. The van der Waals surface area contributed by atoms with Crippen LogP contribution >= 0.6 is 0 Å². The summed E-state index contributed by atoms with van der Waals surface area (Å²) in [7, 11) is 2.57. The van der Waals surface area contributed by atoms with Crippen molar-refractivity contribution in [2.75, 3.05) is 14.2 Å². The summed E-state index contributed by atoms with van der Waals surface area (Å²) in [4.78, 5) is 0. The highest BCUT2D eigenvalue weighted by Crippen LogP contribution is 2.42. The fraction of sp³-hybridized carbons (Fsp3) is 0.455. The Morgan fingerprint density at radius 1 is 1.00 bits per heavy atom. The molecule has 0 aliphatic rings. The van der Waals surface area contributed by atoms with Gasteiger partial charge in [0, 0.05) is 0 Å². The van der Waals surface area contributed by atoms with E-state index < -0.39 is 11.7 Å². The molecule has 2 nitrogen and oxygen atoms in total. The summed E-state index contributed by atoms with van der Waals surface area (Å²) in [5.41, 5.74) is 0.275. The zero-order valence-electron chi connectivity index (χ0n) is 9.53. The molecule has 16 heavy (non-hydrogen) atoms. The SMILES string of the molecule is COc1cc(C(F)(F)F)c(OC)c(C)c1C. The van der Waals surface area contributed by atoms with Crippen LogP contribution in [0.4, 0.5) is 13.2 Å². The average molecular weight is 234 g/mol. The van der Waals surface area contributed by atoms with Gasteiger partial charge >= 0.3 is 6.18 Å². The van der Waals surface area contributed by atoms with E-state index in [4.69, 9.17) is 9.47 Å². The Balaban J connectivity index is 3.54. The molecule has 0 saturated heterocycles.